The molecular weight excluding hydrogens is 238 g/mol. The third kappa shape index (κ3) is 2.34. The van der Waals surface area contributed by atoms with E-state index in [1.807, 2.05) is 0 Å². The number of hydrogen-bond donors (Lipinski definition) is 1. The summed E-state index contributed by atoms with van der Waals surface area (Å²) < 4.78 is 11.8. The molecule has 2 saturated heterocycles. The molecule has 2 heterocycles. The second-order valence-corrected chi connectivity index (χ2v) is 7.17. The fraction of sp³-hybridized carbons (Fsp3) is 1.00. The number of hydrogen-bond acceptors (Lipinski definition) is 3. The topological polar surface area (TPSA) is 30.5 Å². The van der Waals surface area contributed by atoms with E-state index in [4.69, 9.17) is 9.47 Å². The van der Waals surface area contributed by atoms with E-state index in [0.717, 1.165) is 32.1 Å². The largest absolute Gasteiger partial charge is 0.378 e. The summed E-state index contributed by atoms with van der Waals surface area (Å²) in [6, 6.07) is 0.635. The van der Waals surface area contributed by atoms with Gasteiger partial charge in [0.15, 0.2) is 0 Å². The van der Waals surface area contributed by atoms with Gasteiger partial charge in [-0.05, 0) is 31.6 Å². The summed E-state index contributed by atoms with van der Waals surface area (Å²) in [5, 5.41) is 3.85. The minimum absolute atomic E-state index is 0.298. The molecule has 3 rings (SSSR count). The molecular formula is C16H29NO2. The number of ether oxygens (including phenoxy) is 2. The Labute approximate surface area is 117 Å². The van der Waals surface area contributed by atoms with Crippen LogP contribution in [0.25, 0.3) is 0 Å². The molecule has 110 valence electrons. The van der Waals surface area contributed by atoms with Gasteiger partial charge in [-0.25, -0.2) is 0 Å². The highest BCUT2D eigenvalue weighted by Gasteiger charge is 2.57. The van der Waals surface area contributed by atoms with Gasteiger partial charge in [0.1, 0.15) is 0 Å². The van der Waals surface area contributed by atoms with E-state index >= 15 is 0 Å². The van der Waals surface area contributed by atoms with Crippen molar-refractivity contribution in [3.8, 4) is 0 Å². The fourth-order valence-corrected chi connectivity index (χ4v) is 4.59. The zero-order chi connectivity index (χ0) is 13.5. The van der Waals surface area contributed by atoms with E-state index < -0.39 is 0 Å². The minimum Gasteiger partial charge on any atom is -0.378 e. The maximum Gasteiger partial charge on any atom is 0.0684 e. The summed E-state index contributed by atoms with van der Waals surface area (Å²) in [4.78, 5) is 0. The Morgan fingerprint density at radius 2 is 2.00 bits per heavy atom. The van der Waals surface area contributed by atoms with Crippen LogP contribution in [0.5, 0.6) is 0 Å². The molecule has 0 aromatic carbocycles. The molecule has 5 atom stereocenters. The predicted molar refractivity (Wildman–Crippen MR) is 76.2 cm³/mol. The van der Waals surface area contributed by atoms with E-state index in [9.17, 15) is 0 Å². The Morgan fingerprint density at radius 3 is 2.79 bits per heavy atom. The molecule has 1 saturated carbocycles. The van der Waals surface area contributed by atoms with Crippen molar-refractivity contribution in [3.63, 3.8) is 0 Å². The van der Waals surface area contributed by atoms with Crippen molar-refractivity contribution in [2.75, 3.05) is 19.8 Å². The first-order valence-electron chi connectivity index (χ1n) is 8.11. The molecule has 0 amide bonds. The highest BCUT2D eigenvalue weighted by atomic mass is 16.5. The van der Waals surface area contributed by atoms with Crippen molar-refractivity contribution in [2.24, 2.45) is 17.3 Å². The molecule has 1 N–H and O–H groups in total. The van der Waals surface area contributed by atoms with Crippen LogP contribution in [0.1, 0.15) is 46.5 Å². The van der Waals surface area contributed by atoms with Crippen LogP contribution in [0.15, 0.2) is 0 Å². The lowest BCUT2D eigenvalue weighted by Crippen LogP contribution is -2.69. The van der Waals surface area contributed by atoms with Gasteiger partial charge < -0.3 is 14.8 Å². The Kier molecular flexibility index (Phi) is 3.89. The first-order valence-corrected chi connectivity index (χ1v) is 8.11. The third-order valence-electron chi connectivity index (χ3n) is 5.68. The lowest BCUT2D eigenvalue weighted by molar-refractivity contribution is -0.193. The minimum atomic E-state index is 0.298. The molecule has 3 nitrogen and oxygen atoms in total. The molecule has 0 aromatic heterocycles. The maximum atomic E-state index is 5.97. The monoisotopic (exact) mass is 267 g/mol. The number of nitrogens with one attached hydrogen (secondary N) is 1. The van der Waals surface area contributed by atoms with Gasteiger partial charge in [-0.3, -0.25) is 0 Å². The molecule has 0 spiro atoms. The fourth-order valence-electron chi connectivity index (χ4n) is 4.59. The molecule has 1 aliphatic carbocycles. The van der Waals surface area contributed by atoms with E-state index in [2.05, 4.69) is 26.1 Å². The summed E-state index contributed by atoms with van der Waals surface area (Å²) in [5.74, 6) is 1.45. The zero-order valence-electron chi connectivity index (χ0n) is 12.7. The van der Waals surface area contributed by atoms with Gasteiger partial charge in [-0.1, -0.05) is 20.8 Å². The lowest BCUT2D eigenvalue weighted by Gasteiger charge is -2.60. The van der Waals surface area contributed by atoms with Crippen molar-refractivity contribution in [2.45, 2.75) is 64.7 Å². The summed E-state index contributed by atoms with van der Waals surface area (Å²) in [7, 11) is 0. The van der Waals surface area contributed by atoms with E-state index in [1.165, 1.54) is 19.3 Å². The highest BCUT2D eigenvalue weighted by Crippen LogP contribution is 2.51. The van der Waals surface area contributed by atoms with Crippen LogP contribution in [0, 0.1) is 17.3 Å². The van der Waals surface area contributed by atoms with Crippen LogP contribution in [-0.2, 0) is 9.47 Å². The second-order valence-electron chi connectivity index (χ2n) is 7.17. The van der Waals surface area contributed by atoms with Gasteiger partial charge in [0.25, 0.3) is 0 Å². The van der Waals surface area contributed by atoms with Gasteiger partial charge in [-0.2, -0.15) is 0 Å². The first-order chi connectivity index (χ1) is 9.14. The average molecular weight is 267 g/mol. The Morgan fingerprint density at radius 1 is 1.16 bits per heavy atom. The van der Waals surface area contributed by atoms with Crippen LogP contribution in [0.4, 0.5) is 0 Å². The van der Waals surface area contributed by atoms with Crippen LogP contribution >= 0.6 is 0 Å². The summed E-state index contributed by atoms with van der Waals surface area (Å²) in [6.07, 6.45) is 5.91. The maximum absolute atomic E-state index is 5.97. The summed E-state index contributed by atoms with van der Waals surface area (Å²) in [5.41, 5.74) is 0.298. The standard InChI is InChI=1S/C16H29NO2/c1-4-13-11(7-9-18-13)10-17-14-12-6-5-8-19-15(12)16(14,2)3/h11-15,17H,4-10H2,1-3H3. The van der Waals surface area contributed by atoms with Crippen molar-refractivity contribution in [1.82, 2.24) is 5.32 Å². The number of rotatable bonds is 4. The van der Waals surface area contributed by atoms with Gasteiger partial charge in [0.2, 0.25) is 0 Å². The smallest absolute Gasteiger partial charge is 0.0684 e. The molecule has 3 aliphatic rings. The zero-order valence-corrected chi connectivity index (χ0v) is 12.7. The molecule has 3 fully saturated rings. The molecule has 3 heteroatoms. The molecule has 0 aromatic rings. The van der Waals surface area contributed by atoms with Crippen molar-refractivity contribution < 1.29 is 9.47 Å². The summed E-state index contributed by atoms with van der Waals surface area (Å²) in [6.45, 7) is 10.00. The Hall–Kier alpha value is -0.120. The predicted octanol–water partition coefficient (Wildman–Crippen LogP) is 2.59. The molecule has 0 radical (unpaired) electrons. The average Bonchev–Trinajstić information content (AvgIpc) is 2.86. The van der Waals surface area contributed by atoms with Crippen molar-refractivity contribution in [1.29, 1.82) is 0 Å². The molecule has 0 bridgehead atoms. The van der Waals surface area contributed by atoms with E-state index in [0.29, 0.717) is 29.6 Å². The molecule has 19 heavy (non-hydrogen) atoms. The summed E-state index contributed by atoms with van der Waals surface area (Å²) >= 11 is 0. The van der Waals surface area contributed by atoms with Gasteiger partial charge in [-0.15, -0.1) is 0 Å². The van der Waals surface area contributed by atoms with Crippen LogP contribution in [0.3, 0.4) is 0 Å². The van der Waals surface area contributed by atoms with Crippen molar-refractivity contribution in [3.05, 3.63) is 0 Å². The van der Waals surface area contributed by atoms with Crippen LogP contribution < -0.4 is 5.32 Å². The quantitative estimate of drug-likeness (QED) is 0.849. The van der Waals surface area contributed by atoms with Gasteiger partial charge in [0, 0.05) is 37.1 Å². The highest BCUT2D eigenvalue weighted by molar-refractivity contribution is 5.10. The van der Waals surface area contributed by atoms with E-state index in [-0.39, 0.29) is 0 Å². The second kappa shape index (κ2) is 5.34. The normalized spacial score (nSPS) is 44.7. The van der Waals surface area contributed by atoms with Gasteiger partial charge in [0.05, 0.1) is 12.2 Å². The lowest BCUT2D eigenvalue weighted by atomic mass is 9.55. The Balaban J connectivity index is 1.55. The van der Waals surface area contributed by atoms with Crippen LogP contribution in [-0.4, -0.2) is 38.0 Å². The SMILES string of the molecule is CCC1OCCC1CNC1C2CCCOC2C1(C)C. The van der Waals surface area contributed by atoms with E-state index in [1.54, 1.807) is 0 Å². The number of fused-ring (bicyclic) bond motifs is 1. The van der Waals surface area contributed by atoms with Crippen LogP contribution in [0.2, 0.25) is 0 Å². The van der Waals surface area contributed by atoms with Gasteiger partial charge >= 0.3 is 0 Å². The molecule has 5 unspecified atom stereocenters. The molecule has 2 aliphatic heterocycles. The van der Waals surface area contributed by atoms with Crippen molar-refractivity contribution >= 4 is 0 Å². The first kappa shape index (κ1) is 13.8. The Bertz CT molecular complexity index is 318. The third-order valence-corrected chi connectivity index (χ3v) is 5.68.